The molecule has 0 spiro atoms. The predicted octanol–water partition coefficient (Wildman–Crippen LogP) is 2.17. The Kier molecular flexibility index (Phi) is 3.39. The van der Waals surface area contributed by atoms with E-state index in [9.17, 15) is 4.79 Å². The molecule has 1 aliphatic heterocycles. The quantitative estimate of drug-likeness (QED) is 0.881. The van der Waals surface area contributed by atoms with Gasteiger partial charge in [-0.15, -0.1) is 11.3 Å². The van der Waals surface area contributed by atoms with E-state index in [1.807, 2.05) is 11.8 Å². The van der Waals surface area contributed by atoms with Gasteiger partial charge in [0, 0.05) is 29.0 Å². The fourth-order valence-corrected chi connectivity index (χ4v) is 3.71. The molecular formula is C10H14N2O2S2. The van der Waals surface area contributed by atoms with Gasteiger partial charge < -0.3 is 10.0 Å². The molecule has 16 heavy (non-hydrogen) atoms. The molecule has 1 N–H and O–H groups in total. The van der Waals surface area contributed by atoms with Crippen molar-refractivity contribution in [1.29, 1.82) is 0 Å². The molecule has 88 valence electrons. The number of aromatic nitrogens is 1. The van der Waals surface area contributed by atoms with Crippen molar-refractivity contribution in [3.63, 3.8) is 0 Å². The Balaban J connectivity index is 2.19. The topological polar surface area (TPSA) is 53.4 Å². The largest absolute Gasteiger partial charge is 0.476 e. The molecule has 1 saturated heterocycles. The summed E-state index contributed by atoms with van der Waals surface area (Å²) in [5.41, 5.74) is 0.151. The van der Waals surface area contributed by atoms with Crippen LogP contribution < -0.4 is 4.90 Å². The maximum absolute atomic E-state index is 10.8. The second kappa shape index (κ2) is 4.63. The van der Waals surface area contributed by atoms with Gasteiger partial charge in [-0.2, -0.15) is 11.8 Å². The minimum Gasteiger partial charge on any atom is -0.476 e. The van der Waals surface area contributed by atoms with Crippen molar-refractivity contribution in [3.8, 4) is 0 Å². The lowest BCUT2D eigenvalue weighted by Gasteiger charge is -2.37. The lowest BCUT2D eigenvalue weighted by atomic mass is 10.2. The third kappa shape index (κ3) is 2.17. The average Bonchev–Trinajstić information content (AvgIpc) is 2.71. The first-order chi connectivity index (χ1) is 7.59. The molecule has 2 rings (SSSR count). The summed E-state index contributed by atoms with van der Waals surface area (Å²) < 4.78 is 0. The van der Waals surface area contributed by atoms with Crippen LogP contribution in [0.3, 0.4) is 0 Å². The summed E-state index contributed by atoms with van der Waals surface area (Å²) >= 11 is 3.37. The van der Waals surface area contributed by atoms with Crippen LogP contribution >= 0.6 is 23.1 Å². The number of carboxylic acid groups (broad SMARTS) is 1. The van der Waals surface area contributed by atoms with E-state index >= 15 is 0 Å². The highest BCUT2D eigenvalue weighted by atomic mass is 32.2. The summed E-state index contributed by atoms with van der Waals surface area (Å²) in [4.78, 5) is 17.1. The van der Waals surface area contributed by atoms with Crippen molar-refractivity contribution < 1.29 is 9.90 Å². The molecular weight excluding hydrogens is 244 g/mol. The van der Waals surface area contributed by atoms with E-state index in [-0.39, 0.29) is 5.69 Å². The second-order valence-electron chi connectivity index (χ2n) is 3.83. The molecule has 0 saturated carbocycles. The number of nitrogens with zero attached hydrogens (tertiary/aromatic N) is 2. The van der Waals surface area contributed by atoms with Crippen LogP contribution in [-0.2, 0) is 0 Å². The fourth-order valence-electron chi connectivity index (χ4n) is 1.70. The van der Waals surface area contributed by atoms with Crippen LogP contribution in [0.25, 0.3) is 0 Å². The van der Waals surface area contributed by atoms with Crippen molar-refractivity contribution in [1.82, 2.24) is 4.98 Å². The molecule has 1 aromatic heterocycles. The highest BCUT2D eigenvalue weighted by molar-refractivity contribution is 8.00. The van der Waals surface area contributed by atoms with Gasteiger partial charge in [0.15, 0.2) is 10.8 Å². The Morgan fingerprint density at radius 3 is 3.00 bits per heavy atom. The number of carbonyl (C=O) groups is 1. The van der Waals surface area contributed by atoms with Crippen LogP contribution in [0.5, 0.6) is 0 Å². The summed E-state index contributed by atoms with van der Waals surface area (Å²) in [5, 5.41) is 11.8. The van der Waals surface area contributed by atoms with Gasteiger partial charge in [0.2, 0.25) is 0 Å². The van der Waals surface area contributed by atoms with Gasteiger partial charge in [-0.1, -0.05) is 6.92 Å². The highest BCUT2D eigenvalue weighted by Crippen LogP contribution is 2.30. The Hall–Kier alpha value is -0.750. The molecule has 6 heteroatoms. The summed E-state index contributed by atoms with van der Waals surface area (Å²) in [5.74, 6) is 0.127. The maximum atomic E-state index is 10.8. The Morgan fingerprint density at radius 1 is 1.62 bits per heavy atom. The summed E-state index contributed by atoms with van der Waals surface area (Å²) in [6.45, 7) is 5.31. The first kappa shape index (κ1) is 11.7. The van der Waals surface area contributed by atoms with Crippen LogP contribution in [-0.4, -0.2) is 39.6 Å². The maximum Gasteiger partial charge on any atom is 0.355 e. The van der Waals surface area contributed by atoms with E-state index in [2.05, 4.69) is 23.7 Å². The van der Waals surface area contributed by atoms with Crippen LogP contribution in [0, 0.1) is 0 Å². The minimum absolute atomic E-state index is 0.151. The predicted molar refractivity (Wildman–Crippen MR) is 67.8 cm³/mol. The van der Waals surface area contributed by atoms with Crippen LogP contribution in [0.15, 0.2) is 5.38 Å². The molecule has 0 bridgehead atoms. The lowest BCUT2D eigenvalue weighted by Crippen LogP contribution is -2.44. The first-order valence-corrected chi connectivity index (χ1v) is 7.09. The van der Waals surface area contributed by atoms with Gasteiger partial charge in [-0.05, 0) is 6.92 Å². The molecule has 4 nitrogen and oxygen atoms in total. The van der Waals surface area contributed by atoms with Crippen LogP contribution in [0.1, 0.15) is 24.3 Å². The number of hydrogen-bond acceptors (Lipinski definition) is 5. The molecule has 0 aromatic carbocycles. The van der Waals surface area contributed by atoms with Gasteiger partial charge in [0.05, 0.1) is 0 Å². The van der Waals surface area contributed by atoms with E-state index in [1.165, 1.54) is 11.3 Å². The number of thioether (sulfide) groups is 1. The van der Waals surface area contributed by atoms with Crippen molar-refractivity contribution in [2.24, 2.45) is 0 Å². The van der Waals surface area contributed by atoms with E-state index in [1.54, 1.807) is 5.38 Å². The molecule has 1 aromatic rings. The molecule has 0 aliphatic carbocycles. The van der Waals surface area contributed by atoms with Crippen molar-refractivity contribution in [2.75, 3.05) is 17.2 Å². The van der Waals surface area contributed by atoms with Gasteiger partial charge >= 0.3 is 5.97 Å². The monoisotopic (exact) mass is 258 g/mol. The Labute approximate surface area is 103 Å². The molecule has 1 aliphatic rings. The lowest BCUT2D eigenvalue weighted by molar-refractivity contribution is 0.0691. The number of rotatable bonds is 2. The van der Waals surface area contributed by atoms with E-state index in [0.29, 0.717) is 11.3 Å². The zero-order valence-electron chi connectivity index (χ0n) is 9.21. The molecule has 0 radical (unpaired) electrons. The summed E-state index contributed by atoms with van der Waals surface area (Å²) in [7, 11) is 0. The molecule has 2 heterocycles. The van der Waals surface area contributed by atoms with Gasteiger partial charge in [-0.25, -0.2) is 9.78 Å². The Bertz CT molecular complexity index is 394. The van der Waals surface area contributed by atoms with Gasteiger partial charge in [-0.3, -0.25) is 0 Å². The van der Waals surface area contributed by atoms with E-state index < -0.39 is 5.97 Å². The average molecular weight is 258 g/mol. The third-order valence-electron chi connectivity index (χ3n) is 2.84. The van der Waals surface area contributed by atoms with Crippen LogP contribution in [0.2, 0.25) is 0 Å². The van der Waals surface area contributed by atoms with Crippen molar-refractivity contribution in [3.05, 3.63) is 11.1 Å². The highest BCUT2D eigenvalue weighted by Gasteiger charge is 2.27. The number of hydrogen-bond donors (Lipinski definition) is 1. The van der Waals surface area contributed by atoms with Gasteiger partial charge in [0.1, 0.15) is 0 Å². The Morgan fingerprint density at radius 2 is 2.38 bits per heavy atom. The normalized spacial score (nSPS) is 25.8. The molecule has 2 atom stereocenters. The zero-order chi connectivity index (χ0) is 11.7. The number of aromatic carboxylic acids is 1. The standard InChI is InChI=1S/C10H14N2O2S2/c1-6-7(2)15-4-3-12(6)10-11-8(5-16-10)9(13)14/h5-7H,3-4H2,1-2H3,(H,13,14). The number of thiazole rings is 1. The fraction of sp³-hybridized carbons (Fsp3) is 0.600. The number of anilines is 1. The minimum atomic E-state index is -0.949. The molecule has 1 fully saturated rings. The van der Waals surface area contributed by atoms with Crippen LogP contribution in [0.4, 0.5) is 5.13 Å². The zero-order valence-corrected chi connectivity index (χ0v) is 10.8. The summed E-state index contributed by atoms with van der Waals surface area (Å²) in [6, 6.07) is 0.409. The third-order valence-corrected chi connectivity index (χ3v) is 5.06. The molecule has 2 unspecified atom stereocenters. The van der Waals surface area contributed by atoms with E-state index in [4.69, 9.17) is 5.11 Å². The SMILES string of the molecule is CC1SCCN(c2nc(C(=O)O)cs2)C1C. The smallest absolute Gasteiger partial charge is 0.355 e. The van der Waals surface area contributed by atoms with Crippen molar-refractivity contribution >= 4 is 34.2 Å². The van der Waals surface area contributed by atoms with Crippen molar-refractivity contribution in [2.45, 2.75) is 25.1 Å². The first-order valence-electron chi connectivity index (χ1n) is 5.16. The second-order valence-corrected chi connectivity index (χ2v) is 6.15. The van der Waals surface area contributed by atoms with E-state index in [0.717, 1.165) is 17.4 Å². The summed E-state index contributed by atoms with van der Waals surface area (Å²) in [6.07, 6.45) is 0. The molecule has 0 amide bonds. The number of carboxylic acids is 1. The van der Waals surface area contributed by atoms with Gasteiger partial charge in [0.25, 0.3) is 0 Å².